The third kappa shape index (κ3) is 4.76. The van der Waals surface area contributed by atoms with Crippen LogP contribution in [0.3, 0.4) is 0 Å². The molecule has 0 spiro atoms. The molecule has 7 heteroatoms. The lowest BCUT2D eigenvalue weighted by Gasteiger charge is -2.25. The number of hydrogen-bond donors (Lipinski definition) is 2. The van der Waals surface area contributed by atoms with Gasteiger partial charge in [-0.2, -0.15) is 0 Å². The van der Waals surface area contributed by atoms with Crippen molar-refractivity contribution >= 4 is 39.9 Å². The van der Waals surface area contributed by atoms with Gasteiger partial charge in [0.15, 0.2) is 12.3 Å². The molecule has 3 aromatic rings. The van der Waals surface area contributed by atoms with Gasteiger partial charge in [0.2, 0.25) is 0 Å². The van der Waals surface area contributed by atoms with Gasteiger partial charge in [0, 0.05) is 16.5 Å². The van der Waals surface area contributed by atoms with Crippen molar-refractivity contribution in [2.75, 3.05) is 17.2 Å². The zero-order chi connectivity index (χ0) is 20.9. The normalized spacial score (nSPS) is 14.4. The number of benzene rings is 2. The van der Waals surface area contributed by atoms with E-state index in [2.05, 4.69) is 10.6 Å². The predicted molar refractivity (Wildman–Crippen MR) is 119 cm³/mol. The number of carbonyl (C=O) groups excluding carboxylic acids is 1. The Balaban J connectivity index is 1.57. The first-order chi connectivity index (χ1) is 14.6. The average Bonchev–Trinajstić information content (AvgIpc) is 2.76. The minimum atomic E-state index is -0.591. The van der Waals surface area contributed by atoms with Crippen molar-refractivity contribution in [1.29, 1.82) is 0 Å². The van der Waals surface area contributed by atoms with Crippen LogP contribution >= 0.6 is 11.6 Å². The van der Waals surface area contributed by atoms with Gasteiger partial charge in [-0.1, -0.05) is 43.0 Å². The number of halogens is 1. The fourth-order valence-electron chi connectivity index (χ4n) is 3.72. The van der Waals surface area contributed by atoms with Crippen LogP contribution in [0.4, 0.5) is 11.4 Å². The van der Waals surface area contributed by atoms with Gasteiger partial charge < -0.3 is 19.8 Å². The zero-order valence-electron chi connectivity index (χ0n) is 16.4. The van der Waals surface area contributed by atoms with Gasteiger partial charge >= 0.3 is 5.63 Å². The fraction of sp³-hybridized carbons (Fsp3) is 0.304. The molecule has 1 fully saturated rings. The third-order valence-corrected chi connectivity index (χ3v) is 5.47. The Morgan fingerprint density at radius 2 is 1.77 bits per heavy atom. The van der Waals surface area contributed by atoms with E-state index in [1.807, 2.05) is 18.2 Å². The number of rotatable bonds is 6. The van der Waals surface area contributed by atoms with Gasteiger partial charge in [0.1, 0.15) is 11.3 Å². The lowest BCUT2D eigenvalue weighted by atomic mass is 9.95. The van der Waals surface area contributed by atoms with Crippen molar-refractivity contribution in [2.24, 2.45) is 0 Å². The molecule has 0 saturated heterocycles. The van der Waals surface area contributed by atoms with Gasteiger partial charge in [-0.15, -0.1) is 0 Å². The van der Waals surface area contributed by atoms with E-state index in [0.717, 1.165) is 31.1 Å². The molecule has 1 aliphatic carbocycles. The SMILES string of the molecule is O=C(COc1ccc(Cl)cc1)Nc1c(NC2CCCCC2)c2ccccc2oc1=O. The van der Waals surface area contributed by atoms with Gasteiger partial charge in [-0.3, -0.25) is 4.79 Å². The van der Waals surface area contributed by atoms with Crippen molar-refractivity contribution < 1.29 is 13.9 Å². The molecule has 6 nitrogen and oxygen atoms in total. The van der Waals surface area contributed by atoms with Crippen molar-refractivity contribution in [2.45, 2.75) is 38.1 Å². The summed E-state index contributed by atoms with van der Waals surface area (Å²) in [4.78, 5) is 25.2. The largest absolute Gasteiger partial charge is 0.484 e. The van der Waals surface area contributed by atoms with Crippen LogP contribution in [-0.2, 0) is 4.79 Å². The fourth-order valence-corrected chi connectivity index (χ4v) is 3.85. The van der Waals surface area contributed by atoms with Gasteiger partial charge in [0.25, 0.3) is 5.91 Å². The molecule has 0 atom stereocenters. The Bertz CT molecular complexity index is 1090. The molecule has 1 saturated carbocycles. The lowest BCUT2D eigenvalue weighted by molar-refractivity contribution is -0.118. The Morgan fingerprint density at radius 3 is 2.53 bits per heavy atom. The summed E-state index contributed by atoms with van der Waals surface area (Å²) in [5.41, 5.74) is 0.612. The number of para-hydroxylation sites is 1. The number of amides is 1. The molecular weight excluding hydrogens is 404 g/mol. The van der Waals surface area contributed by atoms with Crippen LogP contribution in [0.15, 0.2) is 57.7 Å². The molecule has 2 aromatic carbocycles. The van der Waals surface area contributed by atoms with Crippen LogP contribution in [0.1, 0.15) is 32.1 Å². The van der Waals surface area contributed by atoms with Crippen molar-refractivity contribution in [3.63, 3.8) is 0 Å². The van der Waals surface area contributed by atoms with Crippen LogP contribution in [0.5, 0.6) is 5.75 Å². The van der Waals surface area contributed by atoms with E-state index in [-0.39, 0.29) is 18.3 Å². The second-order valence-corrected chi connectivity index (χ2v) is 7.84. The molecule has 1 heterocycles. The number of nitrogens with one attached hydrogen (secondary N) is 2. The molecule has 4 rings (SSSR count). The molecular formula is C23H23ClN2O4. The first kappa shape index (κ1) is 20.3. The van der Waals surface area contributed by atoms with Crippen molar-refractivity contribution in [1.82, 2.24) is 0 Å². The predicted octanol–water partition coefficient (Wildman–Crippen LogP) is 5.21. The molecule has 0 bridgehead atoms. The van der Waals surface area contributed by atoms with E-state index < -0.39 is 11.5 Å². The first-order valence-corrected chi connectivity index (χ1v) is 10.5. The van der Waals surface area contributed by atoms with Crippen molar-refractivity contribution in [3.05, 3.63) is 64.0 Å². The highest BCUT2D eigenvalue weighted by Gasteiger charge is 2.21. The van der Waals surface area contributed by atoms with Crippen molar-refractivity contribution in [3.8, 4) is 5.75 Å². The molecule has 1 amide bonds. The molecule has 0 aliphatic heterocycles. The Hall–Kier alpha value is -2.99. The second kappa shape index (κ2) is 9.22. The Labute approximate surface area is 179 Å². The number of carbonyl (C=O) groups is 1. The van der Waals surface area contributed by atoms with E-state index in [1.54, 1.807) is 30.3 Å². The van der Waals surface area contributed by atoms with Gasteiger partial charge in [-0.25, -0.2) is 4.79 Å². The van der Waals surface area contributed by atoms with E-state index in [1.165, 1.54) is 6.42 Å². The maximum atomic E-state index is 12.7. The minimum Gasteiger partial charge on any atom is -0.484 e. The van der Waals surface area contributed by atoms with Crippen LogP contribution in [0.2, 0.25) is 5.02 Å². The highest BCUT2D eigenvalue weighted by Crippen LogP contribution is 2.31. The summed E-state index contributed by atoms with van der Waals surface area (Å²) in [6.45, 7) is -0.239. The van der Waals surface area contributed by atoms with E-state index >= 15 is 0 Å². The number of anilines is 2. The number of hydrogen-bond acceptors (Lipinski definition) is 5. The molecule has 30 heavy (non-hydrogen) atoms. The van der Waals surface area contributed by atoms with E-state index in [0.29, 0.717) is 22.0 Å². The third-order valence-electron chi connectivity index (χ3n) is 5.21. The second-order valence-electron chi connectivity index (χ2n) is 7.41. The summed E-state index contributed by atoms with van der Waals surface area (Å²) < 4.78 is 10.9. The first-order valence-electron chi connectivity index (χ1n) is 10.1. The summed E-state index contributed by atoms with van der Waals surface area (Å²) in [6, 6.07) is 14.3. The summed E-state index contributed by atoms with van der Waals surface area (Å²) in [5.74, 6) is 0.0693. The van der Waals surface area contributed by atoms with Crippen LogP contribution in [0, 0.1) is 0 Å². The Kier molecular flexibility index (Phi) is 6.23. The molecule has 1 aliphatic rings. The summed E-state index contributed by atoms with van der Waals surface area (Å²) in [7, 11) is 0. The zero-order valence-corrected chi connectivity index (χ0v) is 17.2. The smallest absolute Gasteiger partial charge is 0.362 e. The summed E-state index contributed by atoms with van der Waals surface area (Å²) in [5, 5.41) is 7.52. The quantitative estimate of drug-likeness (QED) is 0.529. The summed E-state index contributed by atoms with van der Waals surface area (Å²) in [6.07, 6.45) is 5.58. The minimum absolute atomic E-state index is 0.115. The monoisotopic (exact) mass is 426 g/mol. The lowest BCUT2D eigenvalue weighted by Crippen LogP contribution is -2.28. The molecule has 156 valence electrons. The van der Waals surface area contributed by atoms with Gasteiger partial charge in [-0.05, 0) is 49.2 Å². The molecule has 0 radical (unpaired) electrons. The number of ether oxygens (including phenoxy) is 1. The standard InChI is InChI=1S/C23H23ClN2O4/c24-15-10-12-17(13-11-15)29-14-20(27)26-22-21(25-16-6-2-1-3-7-16)18-8-4-5-9-19(18)30-23(22)28/h4-5,8-13,16,25H,1-3,6-7,14H2,(H,26,27). The maximum Gasteiger partial charge on any atom is 0.362 e. The van der Waals surface area contributed by atoms with E-state index in [4.69, 9.17) is 20.8 Å². The Morgan fingerprint density at radius 1 is 1.03 bits per heavy atom. The molecule has 0 unspecified atom stereocenters. The maximum absolute atomic E-state index is 12.7. The van der Waals surface area contributed by atoms with Crippen LogP contribution in [0.25, 0.3) is 11.0 Å². The molecule has 2 N–H and O–H groups in total. The highest BCUT2D eigenvalue weighted by atomic mass is 35.5. The average molecular weight is 427 g/mol. The topological polar surface area (TPSA) is 80.6 Å². The van der Waals surface area contributed by atoms with Gasteiger partial charge in [0.05, 0.1) is 5.69 Å². The summed E-state index contributed by atoms with van der Waals surface area (Å²) >= 11 is 5.86. The molecule has 1 aromatic heterocycles. The van der Waals surface area contributed by atoms with Crippen LogP contribution in [-0.4, -0.2) is 18.6 Å². The van der Waals surface area contributed by atoms with Crippen LogP contribution < -0.4 is 21.0 Å². The highest BCUT2D eigenvalue weighted by molar-refractivity contribution is 6.30. The van der Waals surface area contributed by atoms with E-state index in [9.17, 15) is 9.59 Å². The number of fused-ring (bicyclic) bond motifs is 1.